The molecule has 2 heteroatoms. The lowest BCUT2D eigenvalue weighted by atomic mass is 10.1. The predicted molar refractivity (Wildman–Crippen MR) is 56.0 cm³/mol. The quantitative estimate of drug-likeness (QED) is 0.634. The number of epoxide rings is 2. The Kier molecular flexibility index (Phi) is 4.93. The fourth-order valence-electron chi connectivity index (χ4n) is 1.59. The third kappa shape index (κ3) is 3.65. The van der Waals surface area contributed by atoms with Gasteiger partial charge in [-0.05, 0) is 33.1 Å². The maximum Gasteiger partial charge on any atom is 0.0839 e. The molecule has 2 fully saturated rings. The van der Waals surface area contributed by atoms with Gasteiger partial charge in [-0.2, -0.15) is 0 Å². The Labute approximate surface area is 82.6 Å². The van der Waals surface area contributed by atoms with Gasteiger partial charge in [0.2, 0.25) is 0 Å². The summed E-state index contributed by atoms with van der Waals surface area (Å²) in [5, 5.41) is 0. The van der Waals surface area contributed by atoms with E-state index in [4.69, 9.17) is 9.47 Å². The van der Waals surface area contributed by atoms with Crippen LogP contribution in [-0.2, 0) is 9.47 Å². The number of hydrogen-bond donors (Lipinski definition) is 0. The van der Waals surface area contributed by atoms with Crippen molar-refractivity contribution in [2.45, 2.75) is 72.4 Å². The average Bonchev–Trinajstić information content (AvgIpc) is 2.79. The molecule has 0 amide bonds. The van der Waals surface area contributed by atoms with Crippen molar-refractivity contribution in [3.63, 3.8) is 0 Å². The highest BCUT2D eigenvalue weighted by Crippen LogP contribution is 2.30. The van der Waals surface area contributed by atoms with Gasteiger partial charge in [-0.3, -0.25) is 0 Å². The van der Waals surface area contributed by atoms with Crippen LogP contribution in [0.25, 0.3) is 0 Å². The Morgan fingerprint density at radius 1 is 0.846 bits per heavy atom. The number of rotatable bonds is 4. The van der Waals surface area contributed by atoms with E-state index >= 15 is 0 Å². The lowest BCUT2D eigenvalue weighted by Gasteiger charge is -1.92. The van der Waals surface area contributed by atoms with Crippen molar-refractivity contribution < 1.29 is 9.47 Å². The molecule has 80 valence electrons. The highest BCUT2D eigenvalue weighted by Gasteiger charge is 2.36. The first-order valence-electron chi connectivity index (χ1n) is 4.58. The van der Waals surface area contributed by atoms with Crippen molar-refractivity contribution >= 4 is 0 Å². The van der Waals surface area contributed by atoms with Gasteiger partial charge < -0.3 is 9.47 Å². The van der Waals surface area contributed by atoms with Crippen LogP contribution in [0.4, 0.5) is 0 Å². The molecule has 2 rings (SSSR count). The van der Waals surface area contributed by atoms with Crippen LogP contribution >= 0.6 is 0 Å². The minimum Gasteiger partial charge on any atom is -0.370 e. The van der Waals surface area contributed by atoms with E-state index in [-0.39, 0.29) is 14.9 Å². The molecule has 0 aromatic rings. The molecular formula is C11H24O2. The highest BCUT2D eigenvalue weighted by molar-refractivity contribution is 4.83. The van der Waals surface area contributed by atoms with Crippen molar-refractivity contribution in [3.05, 3.63) is 0 Å². The first-order valence-corrected chi connectivity index (χ1v) is 4.58. The lowest BCUT2D eigenvalue weighted by Crippen LogP contribution is -1.94. The van der Waals surface area contributed by atoms with E-state index in [0.29, 0.717) is 24.4 Å². The largest absolute Gasteiger partial charge is 0.370 e. The van der Waals surface area contributed by atoms with Crippen LogP contribution in [0.1, 0.15) is 48.0 Å². The normalized spacial score (nSPS) is 40.2. The Morgan fingerprint density at radius 3 is 1.38 bits per heavy atom. The van der Waals surface area contributed by atoms with Gasteiger partial charge in [0, 0.05) is 0 Å². The SMILES string of the molecule is C.C.CC1OC1CCCC1OC1C. The summed E-state index contributed by atoms with van der Waals surface area (Å²) in [6, 6.07) is 0. The maximum absolute atomic E-state index is 5.31. The summed E-state index contributed by atoms with van der Waals surface area (Å²) in [7, 11) is 0. The maximum atomic E-state index is 5.31. The Balaban J connectivity index is 0.000000720. The van der Waals surface area contributed by atoms with Gasteiger partial charge in [0.05, 0.1) is 24.4 Å². The van der Waals surface area contributed by atoms with Crippen LogP contribution in [0.15, 0.2) is 0 Å². The zero-order chi connectivity index (χ0) is 7.84. The van der Waals surface area contributed by atoms with Crippen LogP contribution in [0.5, 0.6) is 0 Å². The van der Waals surface area contributed by atoms with Crippen molar-refractivity contribution in [2.75, 3.05) is 0 Å². The molecule has 0 aliphatic carbocycles. The van der Waals surface area contributed by atoms with Gasteiger partial charge in [-0.1, -0.05) is 14.9 Å². The van der Waals surface area contributed by atoms with E-state index < -0.39 is 0 Å². The molecule has 0 saturated carbocycles. The van der Waals surface area contributed by atoms with Gasteiger partial charge in [0.25, 0.3) is 0 Å². The molecule has 2 saturated heterocycles. The average molecular weight is 188 g/mol. The second kappa shape index (κ2) is 4.97. The summed E-state index contributed by atoms with van der Waals surface area (Å²) in [6.45, 7) is 4.28. The Morgan fingerprint density at radius 2 is 1.15 bits per heavy atom. The predicted octanol–water partition coefficient (Wildman–Crippen LogP) is 3.00. The summed E-state index contributed by atoms with van der Waals surface area (Å²) in [6.07, 6.45) is 5.94. The van der Waals surface area contributed by atoms with E-state index in [1.807, 2.05) is 0 Å². The van der Waals surface area contributed by atoms with Gasteiger partial charge in [-0.25, -0.2) is 0 Å². The standard InChI is InChI=1S/C9H16O2.2CH4/c1-6-8(10-6)4-3-5-9-7(2)11-9;;/h6-9H,3-5H2,1-2H3;2*1H4. The fourth-order valence-corrected chi connectivity index (χ4v) is 1.59. The van der Waals surface area contributed by atoms with Crippen molar-refractivity contribution in [3.8, 4) is 0 Å². The molecular weight excluding hydrogens is 164 g/mol. The molecule has 0 spiro atoms. The minimum absolute atomic E-state index is 0. The molecule has 0 aromatic carbocycles. The van der Waals surface area contributed by atoms with Crippen LogP contribution < -0.4 is 0 Å². The summed E-state index contributed by atoms with van der Waals surface area (Å²) in [5.74, 6) is 0. The van der Waals surface area contributed by atoms with Gasteiger partial charge in [0.1, 0.15) is 0 Å². The molecule has 2 aliphatic heterocycles. The second-order valence-corrected chi connectivity index (χ2v) is 3.69. The monoisotopic (exact) mass is 188 g/mol. The molecule has 0 bridgehead atoms. The zero-order valence-electron chi connectivity index (χ0n) is 7.25. The molecule has 0 N–H and O–H groups in total. The summed E-state index contributed by atoms with van der Waals surface area (Å²) in [5.41, 5.74) is 0. The molecule has 2 heterocycles. The van der Waals surface area contributed by atoms with Crippen LogP contribution in [0.3, 0.4) is 0 Å². The molecule has 0 aromatic heterocycles. The Hall–Kier alpha value is -0.0800. The highest BCUT2D eigenvalue weighted by atomic mass is 16.6. The van der Waals surface area contributed by atoms with E-state index in [0.717, 1.165) is 0 Å². The van der Waals surface area contributed by atoms with Crippen LogP contribution in [-0.4, -0.2) is 24.4 Å². The molecule has 0 radical (unpaired) electrons. The van der Waals surface area contributed by atoms with Gasteiger partial charge in [0.15, 0.2) is 0 Å². The first kappa shape index (κ1) is 12.9. The molecule has 13 heavy (non-hydrogen) atoms. The smallest absolute Gasteiger partial charge is 0.0839 e. The Bertz CT molecular complexity index is 131. The van der Waals surface area contributed by atoms with E-state index in [2.05, 4.69) is 13.8 Å². The number of ether oxygens (including phenoxy) is 2. The van der Waals surface area contributed by atoms with Crippen LogP contribution in [0.2, 0.25) is 0 Å². The van der Waals surface area contributed by atoms with E-state index in [1.54, 1.807) is 0 Å². The summed E-state index contributed by atoms with van der Waals surface area (Å²) in [4.78, 5) is 0. The molecule has 4 unspecified atom stereocenters. The zero-order valence-corrected chi connectivity index (χ0v) is 7.25. The summed E-state index contributed by atoms with van der Waals surface area (Å²) < 4.78 is 10.6. The minimum atomic E-state index is 0. The fraction of sp³-hybridized carbons (Fsp3) is 1.00. The van der Waals surface area contributed by atoms with Crippen molar-refractivity contribution in [1.82, 2.24) is 0 Å². The third-order valence-corrected chi connectivity index (χ3v) is 2.65. The molecule has 2 nitrogen and oxygen atoms in total. The summed E-state index contributed by atoms with van der Waals surface area (Å²) >= 11 is 0. The first-order chi connectivity index (χ1) is 5.27. The third-order valence-electron chi connectivity index (χ3n) is 2.65. The number of hydrogen-bond acceptors (Lipinski definition) is 2. The lowest BCUT2D eigenvalue weighted by molar-refractivity contribution is 0.347. The van der Waals surface area contributed by atoms with Gasteiger partial charge in [-0.15, -0.1) is 0 Å². The van der Waals surface area contributed by atoms with Gasteiger partial charge >= 0.3 is 0 Å². The molecule has 4 atom stereocenters. The van der Waals surface area contributed by atoms with E-state index in [1.165, 1.54) is 19.3 Å². The topological polar surface area (TPSA) is 25.1 Å². The second-order valence-electron chi connectivity index (χ2n) is 3.69. The van der Waals surface area contributed by atoms with Crippen molar-refractivity contribution in [1.29, 1.82) is 0 Å². The van der Waals surface area contributed by atoms with Crippen molar-refractivity contribution in [2.24, 2.45) is 0 Å². The van der Waals surface area contributed by atoms with E-state index in [9.17, 15) is 0 Å². The molecule has 2 aliphatic rings. The van der Waals surface area contributed by atoms with Crippen LogP contribution in [0, 0.1) is 0 Å².